The zero-order chi connectivity index (χ0) is 9.23. The molecule has 11 heavy (non-hydrogen) atoms. The molecule has 0 aliphatic carbocycles. The minimum absolute atomic E-state index is 1.94. The fraction of sp³-hybridized carbons (Fsp3) is 0.667. The van der Waals surface area contributed by atoms with Crippen LogP contribution in [0, 0.1) is 0 Å². The summed E-state index contributed by atoms with van der Waals surface area (Å²) in [5, 5.41) is 24.6. The summed E-state index contributed by atoms with van der Waals surface area (Å²) in [6.45, 7) is 0. The van der Waals surface area contributed by atoms with Crippen molar-refractivity contribution in [3.05, 3.63) is 0 Å². The summed E-state index contributed by atoms with van der Waals surface area (Å²) < 4.78 is 27.9. The average Bonchev–Trinajstić information content (AvgIpc) is 1.82. The van der Waals surface area contributed by atoms with Gasteiger partial charge in [-0.3, -0.25) is 4.55 Å². The number of aliphatic hydroxyl groups is 2. The molecular formula is C3H6O7S. The Balaban J connectivity index is 4.51. The fourth-order valence-corrected chi connectivity index (χ4v) is 0.727. The lowest BCUT2D eigenvalue weighted by molar-refractivity contribution is -0.150. The van der Waals surface area contributed by atoms with E-state index in [-0.39, 0.29) is 0 Å². The molecule has 0 aliphatic rings. The highest BCUT2D eigenvalue weighted by Gasteiger charge is 2.33. The monoisotopic (exact) mass is 186 g/mol. The topological polar surface area (TPSA) is 132 Å². The van der Waals surface area contributed by atoms with Crippen molar-refractivity contribution in [2.75, 3.05) is 0 Å². The van der Waals surface area contributed by atoms with Crippen LogP contribution in [-0.2, 0) is 14.9 Å². The number of hydrogen-bond acceptors (Lipinski definition) is 5. The molecule has 0 aromatic rings. The molecule has 8 heteroatoms. The molecule has 0 amide bonds. The second-order valence-electron chi connectivity index (χ2n) is 1.69. The minimum Gasteiger partial charge on any atom is -0.479 e. The third kappa shape index (κ3) is 2.80. The molecule has 2 atom stereocenters. The first kappa shape index (κ1) is 10.3. The van der Waals surface area contributed by atoms with Gasteiger partial charge in [0.25, 0.3) is 10.1 Å². The van der Waals surface area contributed by atoms with Crippen LogP contribution in [0.3, 0.4) is 0 Å². The Morgan fingerprint density at radius 3 is 1.73 bits per heavy atom. The third-order valence-electron chi connectivity index (χ3n) is 0.828. The molecule has 0 spiro atoms. The first-order chi connectivity index (χ1) is 4.76. The lowest BCUT2D eigenvalue weighted by Crippen LogP contribution is -2.39. The van der Waals surface area contributed by atoms with E-state index >= 15 is 0 Å². The molecule has 0 aliphatic heterocycles. The molecule has 0 heterocycles. The first-order valence-electron chi connectivity index (χ1n) is 2.32. The van der Waals surface area contributed by atoms with E-state index < -0.39 is 27.6 Å². The van der Waals surface area contributed by atoms with Gasteiger partial charge in [-0.2, -0.15) is 8.42 Å². The molecule has 0 rings (SSSR count). The summed E-state index contributed by atoms with van der Waals surface area (Å²) in [5.74, 6) is -1.94. The van der Waals surface area contributed by atoms with Gasteiger partial charge in [0.15, 0.2) is 6.10 Å². The van der Waals surface area contributed by atoms with Crippen molar-refractivity contribution in [1.82, 2.24) is 0 Å². The summed E-state index contributed by atoms with van der Waals surface area (Å²) in [7, 11) is -4.92. The van der Waals surface area contributed by atoms with Crippen LogP contribution in [-0.4, -0.2) is 45.8 Å². The Hall–Kier alpha value is -0.700. The van der Waals surface area contributed by atoms with E-state index in [1.54, 1.807) is 0 Å². The van der Waals surface area contributed by atoms with Gasteiger partial charge in [-0.1, -0.05) is 0 Å². The number of carboxylic acids is 1. The van der Waals surface area contributed by atoms with E-state index in [9.17, 15) is 13.2 Å². The van der Waals surface area contributed by atoms with Crippen LogP contribution in [0.1, 0.15) is 0 Å². The van der Waals surface area contributed by atoms with Crippen molar-refractivity contribution in [3.8, 4) is 0 Å². The van der Waals surface area contributed by atoms with Gasteiger partial charge in [-0.15, -0.1) is 0 Å². The van der Waals surface area contributed by atoms with Crippen molar-refractivity contribution >= 4 is 16.1 Å². The molecule has 0 bridgehead atoms. The Bertz CT molecular complexity index is 240. The van der Waals surface area contributed by atoms with Crippen molar-refractivity contribution in [2.24, 2.45) is 0 Å². The van der Waals surface area contributed by atoms with Crippen LogP contribution in [0.15, 0.2) is 0 Å². The molecule has 7 nitrogen and oxygen atoms in total. The van der Waals surface area contributed by atoms with Crippen molar-refractivity contribution in [3.63, 3.8) is 0 Å². The molecule has 0 aromatic carbocycles. The molecule has 4 N–H and O–H groups in total. The predicted molar refractivity (Wildman–Crippen MR) is 31.2 cm³/mol. The largest absolute Gasteiger partial charge is 0.479 e. The highest BCUT2D eigenvalue weighted by molar-refractivity contribution is 7.86. The number of carbonyl (C=O) groups is 1. The van der Waals surface area contributed by atoms with Gasteiger partial charge in [0, 0.05) is 0 Å². The van der Waals surface area contributed by atoms with Gasteiger partial charge in [0.05, 0.1) is 0 Å². The summed E-state index contributed by atoms with van der Waals surface area (Å²) in [6.07, 6.45) is -2.54. The van der Waals surface area contributed by atoms with Gasteiger partial charge in [-0.05, 0) is 0 Å². The maximum Gasteiger partial charge on any atom is 0.336 e. The molecule has 0 saturated heterocycles. The zero-order valence-corrected chi connectivity index (χ0v) is 5.89. The summed E-state index contributed by atoms with van der Waals surface area (Å²) in [6, 6.07) is 0. The molecule has 66 valence electrons. The van der Waals surface area contributed by atoms with Crippen LogP contribution in [0.25, 0.3) is 0 Å². The van der Waals surface area contributed by atoms with E-state index in [1.807, 2.05) is 0 Å². The lowest BCUT2D eigenvalue weighted by atomic mass is 10.4. The quantitative estimate of drug-likeness (QED) is 0.362. The normalized spacial score (nSPS) is 17.4. The van der Waals surface area contributed by atoms with Crippen LogP contribution >= 0.6 is 0 Å². The van der Waals surface area contributed by atoms with Crippen molar-refractivity contribution < 1.29 is 33.1 Å². The van der Waals surface area contributed by atoms with Crippen LogP contribution < -0.4 is 0 Å². The second-order valence-corrected chi connectivity index (χ2v) is 3.20. The van der Waals surface area contributed by atoms with E-state index in [1.165, 1.54) is 0 Å². The van der Waals surface area contributed by atoms with Crippen LogP contribution in [0.5, 0.6) is 0 Å². The summed E-state index contributed by atoms with van der Waals surface area (Å²) in [5.41, 5.74) is -2.71. The summed E-state index contributed by atoms with van der Waals surface area (Å²) in [4.78, 5) is 9.80. The lowest BCUT2D eigenvalue weighted by Gasteiger charge is -2.09. The minimum atomic E-state index is -4.92. The smallest absolute Gasteiger partial charge is 0.336 e. The highest BCUT2D eigenvalue weighted by Crippen LogP contribution is 2.00. The number of aliphatic carboxylic acids is 1. The number of aliphatic hydroxyl groups excluding tert-OH is 2. The van der Waals surface area contributed by atoms with E-state index in [4.69, 9.17) is 19.9 Å². The number of carboxylic acid groups (broad SMARTS) is 1. The van der Waals surface area contributed by atoms with E-state index in [0.29, 0.717) is 0 Å². The maximum absolute atomic E-state index is 9.96. The van der Waals surface area contributed by atoms with Gasteiger partial charge < -0.3 is 15.3 Å². The number of rotatable bonds is 3. The molecule has 2 unspecified atom stereocenters. The molecule has 0 aromatic heterocycles. The van der Waals surface area contributed by atoms with Crippen molar-refractivity contribution in [1.29, 1.82) is 0 Å². The maximum atomic E-state index is 9.96. The number of hydrogen-bond donors (Lipinski definition) is 4. The average molecular weight is 186 g/mol. The Morgan fingerprint density at radius 2 is 1.64 bits per heavy atom. The first-order valence-corrected chi connectivity index (χ1v) is 3.82. The summed E-state index contributed by atoms with van der Waals surface area (Å²) >= 11 is 0. The fourth-order valence-electron chi connectivity index (χ4n) is 0.285. The van der Waals surface area contributed by atoms with Gasteiger partial charge in [0.1, 0.15) is 0 Å². The zero-order valence-electron chi connectivity index (χ0n) is 5.08. The van der Waals surface area contributed by atoms with E-state index in [0.717, 1.165) is 0 Å². The van der Waals surface area contributed by atoms with Gasteiger partial charge in [-0.25, -0.2) is 4.79 Å². The standard InChI is InChI=1S/C3H6O7S/c4-1(2(5)6)3(7)11(8,9)10/h1,3-4,7H,(H,5,6)(H,8,9,10). The highest BCUT2D eigenvalue weighted by atomic mass is 32.2. The van der Waals surface area contributed by atoms with Crippen molar-refractivity contribution in [2.45, 2.75) is 11.5 Å². The Morgan fingerprint density at radius 1 is 1.27 bits per heavy atom. The second kappa shape index (κ2) is 3.13. The molecule has 0 fully saturated rings. The van der Waals surface area contributed by atoms with E-state index in [2.05, 4.69) is 0 Å². The SMILES string of the molecule is O=C(O)C(O)C(O)S(=O)(=O)O. The predicted octanol–water partition coefficient (Wildman–Crippen LogP) is -2.36. The molecule has 0 radical (unpaired) electrons. The Kier molecular flexibility index (Phi) is 2.93. The van der Waals surface area contributed by atoms with Crippen LogP contribution in [0.4, 0.5) is 0 Å². The third-order valence-corrected chi connectivity index (χ3v) is 1.70. The van der Waals surface area contributed by atoms with Gasteiger partial charge >= 0.3 is 5.97 Å². The van der Waals surface area contributed by atoms with Crippen LogP contribution in [0.2, 0.25) is 0 Å². The molecular weight excluding hydrogens is 180 g/mol. The molecule has 0 saturated carbocycles. The van der Waals surface area contributed by atoms with Gasteiger partial charge in [0.2, 0.25) is 5.44 Å². The Labute approximate surface area is 61.6 Å².